The second-order valence-corrected chi connectivity index (χ2v) is 11.3. The summed E-state index contributed by atoms with van der Waals surface area (Å²) in [7, 11) is -3.54. The second kappa shape index (κ2) is 9.11. The molecule has 4 rings (SSSR count). The van der Waals surface area contributed by atoms with Crippen LogP contribution in [-0.4, -0.2) is 41.9 Å². The summed E-state index contributed by atoms with van der Waals surface area (Å²) in [4.78, 5) is 11.4. The molecule has 1 N–H and O–H groups in total. The number of nitrogens with one attached hydrogen (secondary N) is 1. The first kappa shape index (κ1) is 21.4. The molecule has 2 aliphatic rings. The largest absolute Gasteiger partial charge is 0.326 e. The fourth-order valence-electron chi connectivity index (χ4n) is 4.38. The van der Waals surface area contributed by atoms with Crippen molar-refractivity contribution in [1.29, 1.82) is 0 Å². The average molecular weight is 449 g/mol. The zero-order valence-electron chi connectivity index (χ0n) is 17.2. The Labute approximate surface area is 182 Å². The summed E-state index contributed by atoms with van der Waals surface area (Å²) in [5, 5.41) is 13.7. The van der Waals surface area contributed by atoms with E-state index in [1.165, 1.54) is 32.6 Å². The van der Waals surface area contributed by atoms with Gasteiger partial charge in [-0.15, -0.1) is 21.5 Å². The third-order valence-corrected chi connectivity index (χ3v) is 9.06. The van der Waals surface area contributed by atoms with Crippen molar-refractivity contribution in [3.63, 3.8) is 0 Å². The maximum atomic E-state index is 13.0. The molecule has 2 aromatic rings. The first-order valence-electron chi connectivity index (χ1n) is 10.6. The van der Waals surface area contributed by atoms with Gasteiger partial charge in [-0.1, -0.05) is 25.7 Å². The molecular formula is C21H28N4O3S2. The predicted molar refractivity (Wildman–Crippen MR) is 117 cm³/mol. The van der Waals surface area contributed by atoms with Crippen molar-refractivity contribution < 1.29 is 13.2 Å². The number of piperidine rings is 1. The van der Waals surface area contributed by atoms with Gasteiger partial charge in [0.05, 0.1) is 4.90 Å². The Balaban J connectivity index is 1.35. The van der Waals surface area contributed by atoms with Gasteiger partial charge in [-0.25, -0.2) is 8.42 Å². The number of nitrogens with zero attached hydrogens (tertiary/aromatic N) is 3. The molecule has 1 aliphatic carbocycles. The van der Waals surface area contributed by atoms with Crippen LogP contribution in [0.1, 0.15) is 61.4 Å². The summed E-state index contributed by atoms with van der Waals surface area (Å²) >= 11 is 1.71. The molecule has 1 aromatic heterocycles. The van der Waals surface area contributed by atoms with Crippen molar-refractivity contribution in [3.05, 3.63) is 34.3 Å². The van der Waals surface area contributed by atoms with Crippen molar-refractivity contribution in [3.8, 4) is 0 Å². The lowest BCUT2D eigenvalue weighted by atomic mass is 9.99. The Morgan fingerprint density at radius 3 is 2.40 bits per heavy atom. The molecule has 0 atom stereocenters. The van der Waals surface area contributed by atoms with E-state index in [1.807, 2.05) is 0 Å². The van der Waals surface area contributed by atoms with Crippen molar-refractivity contribution >= 4 is 33.0 Å². The Hall–Kier alpha value is -1.84. The monoisotopic (exact) mass is 448 g/mol. The van der Waals surface area contributed by atoms with Crippen LogP contribution in [-0.2, 0) is 21.2 Å². The molecule has 0 unspecified atom stereocenters. The van der Waals surface area contributed by atoms with Crippen LogP contribution in [0.2, 0.25) is 0 Å². The van der Waals surface area contributed by atoms with Gasteiger partial charge in [0.15, 0.2) is 0 Å². The van der Waals surface area contributed by atoms with Crippen LogP contribution in [0.15, 0.2) is 29.2 Å². The third-order valence-electron chi connectivity index (χ3n) is 6.04. The molecule has 2 fully saturated rings. The molecule has 7 nitrogen and oxygen atoms in total. The van der Waals surface area contributed by atoms with E-state index in [0.29, 0.717) is 18.8 Å². The van der Waals surface area contributed by atoms with Gasteiger partial charge in [0.25, 0.3) is 0 Å². The maximum absolute atomic E-state index is 13.0. The normalized spacial score (nSPS) is 19.2. The highest BCUT2D eigenvalue weighted by molar-refractivity contribution is 7.89. The summed E-state index contributed by atoms with van der Waals surface area (Å²) in [6.07, 6.45) is 7.84. The molecule has 1 aromatic carbocycles. The van der Waals surface area contributed by atoms with E-state index in [1.54, 1.807) is 39.9 Å². The molecule has 30 heavy (non-hydrogen) atoms. The molecule has 0 spiro atoms. The number of hydrogen-bond acceptors (Lipinski definition) is 6. The minimum atomic E-state index is -3.54. The van der Waals surface area contributed by atoms with Gasteiger partial charge in [-0.05, 0) is 43.0 Å². The lowest BCUT2D eigenvalue weighted by molar-refractivity contribution is -0.114. The standard InChI is InChI=1S/C21H28N4O3S2/c1-15(26)22-18-6-8-19(9-7-18)30(27,28)25-12-10-17(11-13-25)21-24-23-20(29-21)14-16-4-2-3-5-16/h6-9,16-17H,2-5,10-14H2,1H3,(H,22,26). The number of benzene rings is 1. The van der Waals surface area contributed by atoms with E-state index in [-0.39, 0.29) is 16.7 Å². The number of rotatable bonds is 6. The van der Waals surface area contributed by atoms with Gasteiger partial charge in [0.1, 0.15) is 10.0 Å². The van der Waals surface area contributed by atoms with Crippen molar-refractivity contribution in [2.45, 2.75) is 62.7 Å². The first-order valence-corrected chi connectivity index (χ1v) is 12.9. The molecule has 1 saturated heterocycles. The number of amides is 1. The van der Waals surface area contributed by atoms with Crippen LogP contribution < -0.4 is 5.32 Å². The average Bonchev–Trinajstić information content (AvgIpc) is 3.41. The van der Waals surface area contributed by atoms with Gasteiger partial charge in [-0.3, -0.25) is 4.79 Å². The topological polar surface area (TPSA) is 92.3 Å². The Kier molecular flexibility index (Phi) is 6.50. The fraction of sp³-hybridized carbons (Fsp3) is 0.571. The van der Waals surface area contributed by atoms with Gasteiger partial charge in [0.2, 0.25) is 15.9 Å². The summed E-state index contributed by atoms with van der Waals surface area (Å²) < 4.78 is 27.5. The lowest BCUT2D eigenvalue weighted by Crippen LogP contribution is -2.37. The summed E-state index contributed by atoms with van der Waals surface area (Å²) in [5.74, 6) is 0.860. The van der Waals surface area contributed by atoms with Crippen molar-refractivity contribution in [1.82, 2.24) is 14.5 Å². The molecule has 2 heterocycles. The molecule has 162 valence electrons. The van der Waals surface area contributed by atoms with E-state index >= 15 is 0 Å². The molecule has 0 bridgehead atoms. The highest BCUT2D eigenvalue weighted by atomic mass is 32.2. The highest BCUT2D eigenvalue weighted by Gasteiger charge is 2.31. The fourth-order valence-corrected chi connectivity index (χ4v) is 6.98. The minimum absolute atomic E-state index is 0.184. The Bertz CT molecular complexity index is 974. The second-order valence-electron chi connectivity index (χ2n) is 8.27. The van der Waals surface area contributed by atoms with E-state index in [0.717, 1.165) is 35.2 Å². The molecule has 9 heteroatoms. The molecule has 1 saturated carbocycles. The minimum Gasteiger partial charge on any atom is -0.326 e. The number of aromatic nitrogens is 2. The number of carbonyl (C=O) groups excluding carboxylic acids is 1. The summed E-state index contributed by atoms with van der Waals surface area (Å²) in [5.41, 5.74) is 0.588. The van der Waals surface area contributed by atoms with Crippen LogP contribution in [0.25, 0.3) is 0 Å². The van der Waals surface area contributed by atoms with Crippen molar-refractivity contribution in [2.24, 2.45) is 5.92 Å². The van der Waals surface area contributed by atoms with Gasteiger partial charge < -0.3 is 5.32 Å². The number of carbonyl (C=O) groups is 1. The highest BCUT2D eigenvalue weighted by Crippen LogP contribution is 2.34. The molecule has 1 amide bonds. The van der Waals surface area contributed by atoms with E-state index in [2.05, 4.69) is 15.5 Å². The smallest absolute Gasteiger partial charge is 0.243 e. The van der Waals surface area contributed by atoms with Gasteiger partial charge in [-0.2, -0.15) is 4.31 Å². The van der Waals surface area contributed by atoms with Crippen LogP contribution >= 0.6 is 11.3 Å². The molecular weight excluding hydrogens is 420 g/mol. The Morgan fingerprint density at radius 2 is 1.77 bits per heavy atom. The van der Waals surface area contributed by atoms with Crippen LogP contribution in [0.5, 0.6) is 0 Å². The SMILES string of the molecule is CC(=O)Nc1ccc(S(=O)(=O)N2CCC(c3nnc(CC4CCCC4)s3)CC2)cc1. The van der Waals surface area contributed by atoms with E-state index < -0.39 is 10.0 Å². The zero-order valence-corrected chi connectivity index (χ0v) is 18.8. The van der Waals surface area contributed by atoms with Crippen LogP contribution in [0, 0.1) is 5.92 Å². The zero-order chi connectivity index (χ0) is 21.1. The van der Waals surface area contributed by atoms with Crippen LogP contribution in [0.3, 0.4) is 0 Å². The first-order chi connectivity index (χ1) is 14.4. The van der Waals surface area contributed by atoms with Crippen LogP contribution in [0.4, 0.5) is 5.69 Å². The maximum Gasteiger partial charge on any atom is 0.243 e. The van der Waals surface area contributed by atoms with Crippen molar-refractivity contribution in [2.75, 3.05) is 18.4 Å². The quantitative estimate of drug-likeness (QED) is 0.726. The summed E-state index contributed by atoms with van der Waals surface area (Å²) in [6, 6.07) is 6.34. The molecule has 1 aliphatic heterocycles. The predicted octanol–water partition coefficient (Wildman–Crippen LogP) is 3.80. The lowest BCUT2D eigenvalue weighted by Gasteiger charge is -2.30. The van der Waals surface area contributed by atoms with Gasteiger partial charge >= 0.3 is 0 Å². The van der Waals surface area contributed by atoms with Gasteiger partial charge in [0, 0.05) is 38.0 Å². The van der Waals surface area contributed by atoms with E-state index in [9.17, 15) is 13.2 Å². The third kappa shape index (κ3) is 4.90. The summed E-state index contributed by atoms with van der Waals surface area (Å²) in [6.45, 7) is 2.39. The number of anilines is 1. The number of hydrogen-bond donors (Lipinski definition) is 1. The van der Waals surface area contributed by atoms with E-state index in [4.69, 9.17) is 0 Å². The Morgan fingerprint density at radius 1 is 1.10 bits per heavy atom. The number of sulfonamides is 1. The molecule has 0 radical (unpaired) electrons.